The van der Waals surface area contributed by atoms with Crippen LogP contribution in [0.25, 0.3) is 22.6 Å². The van der Waals surface area contributed by atoms with Crippen molar-refractivity contribution in [1.29, 1.82) is 0 Å². The molecule has 10 N–H and O–H groups in total. The number of hydrogen-bond acceptors (Lipinski definition) is 11. The Labute approximate surface area is 533 Å². The van der Waals surface area contributed by atoms with Gasteiger partial charge < -0.3 is 61.8 Å². The first-order chi connectivity index (χ1) is 42.8. The Bertz CT molecular complexity index is 3560. The van der Waals surface area contributed by atoms with E-state index in [2.05, 4.69) is 37.2 Å². The van der Waals surface area contributed by atoms with E-state index in [1.807, 2.05) is 134 Å². The Morgan fingerprint density at radius 3 is 2.08 bits per heavy atom. The Balaban J connectivity index is 1.05. The Morgan fingerprint density at radius 1 is 0.780 bits per heavy atom. The normalized spacial score (nSPS) is 14.8. The number of rotatable bonds is 26. The van der Waals surface area contributed by atoms with Crippen LogP contribution in [0.15, 0.2) is 109 Å². The molecule has 1 aromatic heterocycles. The van der Waals surface area contributed by atoms with Crippen LogP contribution in [0.1, 0.15) is 130 Å². The van der Waals surface area contributed by atoms with Crippen molar-refractivity contribution in [3.05, 3.63) is 137 Å². The zero-order valence-corrected chi connectivity index (χ0v) is 54.8. The number of urea groups is 1. The Kier molecular flexibility index (Phi) is 24.1. The summed E-state index contributed by atoms with van der Waals surface area (Å²) in [7, 11) is 5.16. The lowest BCUT2D eigenvalue weighted by atomic mass is 9.76. The molecule has 1 aliphatic rings. The maximum atomic E-state index is 14.4. The maximum absolute atomic E-state index is 14.4. The number of fused-ring (bicyclic) bond motifs is 3. The smallest absolute Gasteiger partial charge is 0.411 e. The number of para-hydroxylation sites is 1. The minimum Gasteiger partial charge on any atom is -0.478 e. The molecule has 2 heterocycles. The van der Waals surface area contributed by atoms with Crippen LogP contribution in [-0.4, -0.2) is 119 Å². The van der Waals surface area contributed by atoms with Gasteiger partial charge in [0.15, 0.2) is 0 Å². The van der Waals surface area contributed by atoms with Gasteiger partial charge >= 0.3 is 18.1 Å². The number of allylic oxidation sites excluding steroid dienone is 1. The fourth-order valence-electron chi connectivity index (χ4n) is 11.3. The zero-order chi connectivity index (χ0) is 67.2. The lowest BCUT2D eigenvalue weighted by molar-refractivity contribution is -0.141. The summed E-state index contributed by atoms with van der Waals surface area (Å²) in [4.78, 5) is 124. The van der Waals surface area contributed by atoms with E-state index in [-0.39, 0.29) is 62.1 Å². The fraction of sp³-hybridized carbons (Fsp3) is 0.435. The largest absolute Gasteiger partial charge is 0.478 e. The summed E-state index contributed by atoms with van der Waals surface area (Å²) in [5.74, 6) is -4.35. The molecule has 9 amide bonds. The van der Waals surface area contributed by atoms with Gasteiger partial charge in [0.05, 0.1) is 29.8 Å². The molecule has 0 fully saturated rings. The van der Waals surface area contributed by atoms with Gasteiger partial charge in [0.1, 0.15) is 24.7 Å². The van der Waals surface area contributed by atoms with Gasteiger partial charge in [-0.1, -0.05) is 129 Å². The molecule has 0 saturated heterocycles. The second kappa shape index (κ2) is 30.9. The Morgan fingerprint density at radius 2 is 1.44 bits per heavy atom. The molecular weight excluding hydrogens is 1160 g/mol. The van der Waals surface area contributed by atoms with E-state index >= 15 is 0 Å². The Hall–Kier alpha value is -9.31. The molecule has 91 heavy (non-hydrogen) atoms. The van der Waals surface area contributed by atoms with E-state index in [0.717, 1.165) is 44.4 Å². The third-order valence-electron chi connectivity index (χ3n) is 16.5. The minimum atomic E-state index is -1.12. The topological polar surface area (TPSA) is 305 Å². The van der Waals surface area contributed by atoms with E-state index < -0.39 is 88.7 Å². The number of anilines is 3. The molecule has 0 saturated carbocycles. The molecule has 488 valence electrons. The van der Waals surface area contributed by atoms with Crippen molar-refractivity contribution in [2.24, 2.45) is 30.0 Å². The number of ether oxygens (including phenoxy) is 1. The maximum Gasteiger partial charge on any atom is 0.411 e. The van der Waals surface area contributed by atoms with Gasteiger partial charge in [0.25, 0.3) is 0 Å². The lowest BCUT2D eigenvalue weighted by Crippen LogP contribution is -2.61. The molecule has 0 radical (unpaired) electrons. The number of nitrogens with zero attached hydrogens (tertiary/aromatic N) is 3. The van der Waals surface area contributed by atoms with Gasteiger partial charge in [0.2, 0.25) is 35.4 Å². The van der Waals surface area contributed by atoms with Gasteiger partial charge in [-0.05, 0) is 121 Å². The number of primary amides is 1. The molecule has 1 aliphatic heterocycles. The van der Waals surface area contributed by atoms with Crippen molar-refractivity contribution >= 4 is 93.2 Å². The minimum absolute atomic E-state index is 0.0902. The number of benzene rings is 4. The van der Waals surface area contributed by atoms with E-state index in [0.29, 0.717) is 23.5 Å². The van der Waals surface area contributed by atoms with Crippen molar-refractivity contribution in [2.75, 3.05) is 36.2 Å². The predicted molar refractivity (Wildman–Crippen MR) is 354 cm³/mol. The number of amides is 9. The summed E-state index contributed by atoms with van der Waals surface area (Å²) >= 11 is 0. The molecular formula is C69H91N11O11. The molecule has 1 unspecified atom stereocenters. The summed E-state index contributed by atoms with van der Waals surface area (Å²) in [5.41, 5.74) is 11.5. The van der Waals surface area contributed by atoms with Crippen molar-refractivity contribution in [1.82, 2.24) is 36.1 Å². The lowest BCUT2D eigenvalue weighted by Gasteiger charge is -2.39. The third-order valence-corrected chi connectivity index (χ3v) is 16.5. The highest BCUT2D eigenvalue weighted by molar-refractivity contribution is 6.01. The first-order valence-electron chi connectivity index (χ1n) is 30.7. The fourth-order valence-corrected chi connectivity index (χ4v) is 11.3. The standard InChI is InChI=1S/C69H91N11O11/c1-40(2)54(35-43(6)65(87)88)79(14)64(86)60(68(7,8)9)77-63(85)59(71-12)69(10,11)51-38-78(13)55-36-48(29-30-50(51)55)74-67(90)91-39-44-25-27-47(28-26-44)73-61(83)52(23-19-33-72-66(70)89)75-62(84)58(41(3)4)76-56(81)31-32-57(82)80-37-46-21-15-17-22-49(46)42(5)34-45-20-16-18-24-53(45)80/h15-18,20-22,24-30,34-36,38,40-41,52,54,58-60,71H,19,23,31-33,37,39H2,1-14H3,(H,73,83)(H,74,90)(H,75,84)(H,76,81)(H,77,85)(H,87,88)(H3,70,72,89)/b42-34-,43-35+/t52-,54+,58-,59?,60+/m0/s1. The number of nitrogens with two attached hydrogens (primary N) is 1. The van der Waals surface area contributed by atoms with E-state index in [1.165, 1.54) is 11.8 Å². The van der Waals surface area contributed by atoms with Gasteiger partial charge in [-0.15, -0.1) is 0 Å². The molecule has 4 aromatic carbocycles. The molecule has 0 aliphatic carbocycles. The van der Waals surface area contributed by atoms with E-state index in [9.17, 15) is 48.3 Å². The van der Waals surface area contributed by atoms with E-state index in [4.69, 9.17) is 10.5 Å². The molecule has 0 bridgehead atoms. The number of carboxylic acids is 1. The first-order valence-corrected chi connectivity index (χ1v) is 30.7. The van der Waals surface area contributed by atoms with Crippen molar-refractivity contribution in [3.8, 4) is 0 Å². The predicted octanol–water partition coefficient (Wildman–Crippen LogP) is 8.74. The number of aliphatic carboxylic acids is 1. The molecule has 5 atom stereocenters. The van der Waals surface area contributed by atoms with Crippen molar-refractivity contribution < 1.29 is 53.0 Å². The van der Waals surface area contributed by atoms with Gasteiger partial charge in [-0.2, -0.15) is 0 Å². The number of carbonyl (C=O) groups is 9. The second-order valence-electron chi connectivity index (χ2n) is 25.7. The molecule has 6 rings (SSSR count). The molecule has 22 nitrogen and oxygen atoms in total. The van der Waals surface area contributed by atoms with Crippen LogP contribution in [-0.2, 0) is 63.9 Å². The van der Waals surface area contributed by atoms with Crippen LogP contribution in [0, 0.1) is 17.3 Å². The summed E-state index contributed by atoms with van der Waals surface area (Å²) < 4.78 is 7.49. The highest BCUT2D eigenvalue weighted by atomic mass is 16.5. The van der Waals surface area contributed by atoms with Crippen LogP contribution in [0.5, 0.6) is 0 Å². The van der Waals surface area contributed by atoms with E-state index in [1.54, 1.807) is 75.3 Å². The van der Waals surface area contributed by atoms with Gasteiger partial charge in [0, 0.05) is 67.4 Å². The summed E-state index contributed by atoms with van der Waals surface area (Å²) in [6.07, 6.45) is 4.82. The number of nitrogens with one attached hydrogen (secondary N) is 7. The number of likely N-dealkylation sites (N-methyl/N-ethyl adjacent to an activating group) is 2. The highest BCUT2D eigenvalue weighted by Gasteiger charge is 2.43. The number of aryl methyl sites for hydroxylation is 1. The number of carboxylic acid groups (broad SMARTS) is 1. The van der Waals surface area contributed by atoms with Crippen molar-refractivity contribution in [2.45, 2.75) is 151 Å². The number of carbonyl (C=O) groups excluding carboxylic acids is 8. The monoisotopic (exact) mass is 1250 g/mol. The van der Waals surface area contributed by atoms with Crippen LogP contribution >= 0.6 is 0 Å². The average molecular weight is 1250 g/mol. The van der Waals surface area contributed by atoms with Gasteiger partial charge in [-0.3, -0.25) is 34.1 Å². The summed E-state index contributed by atoms with van der Waals surface area (Å²) in [6.45, 7) is 20.6. The van der Waals surface area contributed by atoms with Gasteiger partial charge in [-0.25, -0.2) is 14.4 Å². The quantitative estimate of drug-likeness (QED) is 0.0185. The molecule has 22 heteroatoms. The van der Waals surface area contributed by atoms with Crippen LogP contribution in [0.2, 0.25) is 0 Å². The van der Waals surface area contributed by atoms with Crippen molar-refractivity contribution in [3.63, 3.8) is 0 Å². The summed E-state index contributed by atoms with van der Waals surface area (Å²) in [6, 6.07) is 22.2. The zero-order valence-electron chi connectivity index (χ0n) is 54.8. The summed E-state index contributed by atoms with van der Waals surface area (Å²) in [5, 5.41) is 30.3. The average Bonchev–Trinajstić information content (AvgIpc) is 1.71. The number of hydrogen-bond donors (Lipinski definition) is 9. The third kappa shape index (κ3) is 18.4. The van der Waals surface area contributed by atoms with Crippen LogP contribution in [0.4, 0.5) is 26.7 Å². The van der Waals surface area contributed by atoms with Crippen LogP contribution < -0.4 is 47.9 Å². The SMILES string of the molecule is CNC(C(=O)N[C@H](C(=O)N(C)[C@H](/C=C(\C)C(=O)O)C(C)C)C(C)(C)C)C(C)(C)c1cn(C)c2cc(NC(=O)OCc3ccc(NC(=O)[C@H](CCCNC(N)=O)NC(=O)[C@@H](NC(=O)CCC(=O)N4Cc5ccccc5/C(C)=C\c5ccccc54)C(C)C)cc3)ccc12. The molecule has 0 spiro atoms. The number of aromatic nitrogens is 1. The van der Waals surface area contributed by atoms with Crippen LogP contribution in [0.3, 0.4) is 0 Å². The highest BCUT2D eigenvalue weighted by Crippen LogP contribution is 2.37. The first kappa shape index (κ1) is 70.8. The second-order valence-corrected chi connectivity index (χ2v) is 25.7. The molecule has 5 aromatic rings.